The lowest BCUT2D eigenvalue weighted by Gasteiger charge is -2.25. The molecule has 0 aliphatic heterocycles. The van der Waals surface area contributed by atoms with Crippen LogP contribution in [0.3, 0.4) is 0 Å². The Morgan fingerprint density at radius 1 is 1.35 bits per heavy atom. The Morgan fingerprint density at radius 2 is 1.94 bits per heavy atom. The first-order valence-electron chi connectivity index (χ1n) is 6.34. The maximum absolute atomic E-state index is 5.80. The molecule has 0 saturated carbocycles. The molecule has 0 rings (SSSR count). The number of nitrogens with one attached hydrogen (secondary N) is 1. The van der Waals surface area contributed by atoms with Crippen LogP contribution < -0.4 is 11.1 Å². The second-order valence-electron chi connectivity index (χ2n) is 4.30. The molecule has 3 N–H and O–H groups in total. The van der Waals surface area contributed by atoms with Gasteiger partial charge >= 0.3 is 0 Å². The van der Waals surface area contributed by atoms with Crippen molar-refractivity contribution >= 4 is 5.96 Å². The molecular formula is C12H28N4O. The minimum Gasteiger partial charge on any atom is -0.383 e. The zero-order valence-electron chi connectivity index (χ0n) is 11.9. The maximum Gasteiger partial charge on any atom is 0.188 e. The van der Waals surface area contributed by atoms with Gasteiger partial charge in [-0.3, -0.25) is 9.89 Å². The summed E-state index contributed by atoms with van der Waals surface area (Å²) in [6.45, 7) is 11.9. The van der Waals surface area contributed by atoms with Crippen molar-refractivity contribution in [3.63, 3.8) is 0 Å². The standard InChI is InChI=1S/C12H28N4O/c1-6-16(7-2)11(4)8-14-12(13)15-10(3)9-17-5/h10-11H,6-9H2,1-5H3,(H3,13,14,15). The summed E-state index contributed by atoms with van der Waals surface area (Å²) in [5, 5.41) is 3.10. The van der Waals surface area contributed by atoms with E-state index in [4.69, 9.17) is 10.5 Å². The van der Waals surface area contributed by atoms with E-state index in [1.807, 2.05) is 6.92 Å². The molecule has 5 nitrogen and oxygen atoms in total. The van der Waals surface area contributed by atoms with Gasteiger partial charge in [-0.15, -0.1) is 0 Å². The lowest BCUT2D eigenvalue weighted by Crippen LogP contribution is -2.42. The number of nitrogens with zero attached hydrogens (tertiary/aromatic N) is 2. The van der Waals surface area contributed by atoms with Crippen molar-refractivity contribution in [3.05, 3.63) is 0 Å². The van der Waals surface area contributed by atoms with Crippen molar-refractivity contribution in [2.45, 2.75) is 39.8 Å². The van der Waals surface area contributed by atoms with Crippen molar-refractivity contribution in [3.8, 4) is 0 Å². The SMILES string of the molecule is CCN(CC)C(C)CN=C(N)NC(C)COC. The van der Waals surface area contributed by atoms with Crippen LogP contribution in [0.25, 0.3) is 0 Å². The van der Waals surface area contributed by atoms with Gasteiger partial charge in [0.05, 0.1) is 13.2 Å². The Hall–Kier alpha value is -0.810. The smallest absolute Gasteiger partial charge is 0.188 e. The Bertz CT molecular complexity index is 217. The van der Waals surface area contributed by atoms with E-state index in [9.17, 15) is 0 Å². The first-order chi connectivity index (χ1) is 8.04. The van der Waals surface area contributed by atoms with E-state index in [0.717, 1.165) is 19.6 Å². The topological polar surface area (TPSA) is 62.9 Å². The van der Waals surface area contributed by atoms with Crippen molar-refractivity contribution in [2.24, 2.45) is 10.7 Å². The van der Waals surface area contributed by atoms with Gasteiger partial charge in [-0.05, 0) is 26.9 Å². The number of nitrogens with two attached hydrogens (primary N) is 1. The Balaban J connectivity index is 4.04. The number of methoxy groups -OCH3 is 1. The average molecular weight is 244 g/mol. The van der Waals surface area contributed by atoms with Gasteiger partial charge in [0.15, 0.2) is 5.96 Å². The van der Waals surface area contributed by atoms with Crippen LogP contribution in [0.1, 0.15) is 27.7 Å². The zero-order chi connectivity index (χ0) is 13.3. The van der Waals surface area contributed by atoms with Gasteiger partial charge in [-0.25, -0.2) is 0 Å². The van der Waals surface area contributed by atoms with Crippen LogP contribution >= 0.6 is 0 Å². The molecule has 0 spiro atoms. The van der Waals surface area contributed by atoms with Crippen molar-refractivity contribution < 1.29 is 4.74 Å². The first-order valence-corrected chi connectivity index (χ1v) is 6.34. The van der Waals surface area contributed by atoms with Crippen molar-refractivity contribution in [1.29, 1.82) is 0 Å². The number of rotatable bonds is 8. The number of likely N-dealkylation sites (N-methyl/N-ethyl adjacent to an activating group) is 1. The van der Waals surface area contributed by atoms with Gasteiger partial charge in [-0.1, -0.05) is 13.8 Å². The zero-order valence-corrected chi connectivity index (χ0v) is 11.9. The van der Waals surface area contributed by atoms with Crippen LogP contribution in [0, 0.1) is 0 Å². The summed E-state index contributed by atoms with van der Waals surface area (Å²) in [5.74, 6) is 0.494. The highest BCUT2D eigenvalue weighted by Crippen LogP contribution is 1.98. The lowest BCUT2D eigenvalue weighted by molar-refractivity contribution is 0.179. The summed E-state index contributed by atoms with van der Waals surface area (Å²) < 4.78 is 5.02. The predicted molar refractivity (Wildman–Crippen MR) is 73.3 cm³/mol. The van der Waals surface area contributed by atoms with Gasteiger partial charge in [0.25, 0.3) is 0 Å². The van der Waals surface area contributed by atoms with E-state index in [0.29, 0.717) is 18.6 Å². The third-order valence-electron chi connectivity index (χ3n) is 2.77. The second-order valence-corrected chi connectivity index (χ2v) is 4.30. The third-order valence-corrected chi connectivity index (χ3v) is 2.77. The van der Waals surface area contributed by atoms with Crippen LogP contribution in [0.15, 0.2) is 4.99 Å². The van der Waals surface area contributed by atoms with Crippen LogP contribution in [-0.4, -0.2) is 56.3 Å². The highest BCUT2D eigenvalue weighted by Gasteiger charge is 2.09. The normalized spacial score (nSPS) is 16.0. The molecule has 0 radical (unpaired) electrons. The molecule has 0 saturated heterocycles. The molecule has 0 heterocycles. The summed E-state index contributed by atoms with van der Waals surface area (Å²) >= 11 is 0. The molecule has 17 heavy (non-hydrogen) atoms. The highest BCUT2D eigenvalue weighted by atomic mass is 16.5. The monoisotopic (exact) mass is 244 g/mol. The molecule has 0 aromatic heterocycles. The molecule has 0 bridgehead atoms. The molecule has 0 aromatic carbocycles. The Labute approximate surface area is 105 Å². The van der Waals surface area contributed by atoms with Crippen LogP contribution in [-0.2, 0) is 4.74 Å². The molecule has 0 aliphatic rings. The molecule has 0 aliphatic carbocycles. The van der Waals surface area contributed by atoms with Gasteiger partial charge < -0.3 is 15.8 Å². The summed E-state index contributed by atoms with van der Waals surface area (Å²) in [7, 11) is 1.67. The van der Waals surface area contributed by atoms with Crippen LogP contribution in [0.4, 0.5) is 0 Å². The van der Waals surface area contributed by atoms with Crippen molar-refractivity contribution in [2.75, 3.05) is 33.4 Å². The van der Waals surface area contributed by atoms with E-state index in [2.05, 4.69) is 36.0 Å². The van der Waals surface area contributed by atoms with E-state index in [1.54, 1.807) is 7.11 Å². The largest absolute Gasteiger partial charge is 0.383 e. The number of hydrogen-bond donors (Lipinski definition) is 2. The molecule has 0 aromatic rings. The highest BCUT2D eigenvalue weighted by molar-refractivity contribution is 5.78. The molecule has 0 fully saturated rings. The number of ether oxygens (including phenoxy) is 1. The van der Waals surface area contributed by atoms with E-state index >= 15 is 0 Å². The molecule has 2 unspecified atom stereocenters. The van der Waals surface area contributed by atoms with E-state index in [1.165, 1.54) is 0 Å². The van der Waals surface area contributed by atoms with Crippen molar-refractivity contribution in [1.82, 2.24) is 10.2 Å². The molecule has 2 atom stereocenters. The quantitative estimate of drug-likeness (QED) is 0.486. The van der Waals surface area contributed by atoms with Gasteiger partial charge in [-0.2, -0.15) is 0 Å². The summed E-state index contributed by atoms with van der Waals surface area (Å²) in [5.41, 5.74) is 5.80. The fourth-order valence-electron chi connectivity index (χ4n) is 1.78. The summed E-state index contributed by atoms with van der Waals surface area (Å²) in [4.78, 5) is 6.71. The molecular weight excluding hydrogens is 216 g/mol. The van der Waals surface area contributed by atoms with Gasteiger partial charge in [0, 0.05) is 19.2 Å². The van der Waals surface area contributed by atoms with E-state index < -0.39 is 0 Å². The van der Waals surface area contributed by atoms with E-state index in [-0.39, 0.29) is 6.04 Å². The number of hydrogen-bond acceptors (Lipinski definition) is 3. The number of aliphatic imine (C=N–C) groups is 1. The van der Waals surface area contributed by atoms with Crippen LogP contribution in [0.5, 0.6) is 0 Å². The Morgan fingerprint density at radius 3 is 2.41 bits per heavy atom. The van der Waals surface area contributed by atoms with Gasteiger partial charge in [0.2, 0.25) is 0 Å². The molecule has 0 amide bonds. The summed E-state index contributed by atoms with van der Waals surface area (Å²) in [6, 6.07) is 0.607. The number of guanidine groups is 1. The lowest BCUT2D eigenvalue weighted by atomic mass is 10.3. The van der Waals surface area contributed by atoms with Crippen LogP contribution in [0.2, 0.25) is 0 Å². The molecule has 102 valence electrons. The Kier molecular flexibility index (Phi) is 8.80. The second kappa shape index (κ2) is 9.24. The minimum atomic E-state index is 0.188. The minimum absolute atomic E-state index is 0.188. The fourth-order valence-corrected chi connectivity index (χ4v) is 1.78. The fraction of sp³-hybridized carbons (Fsp3) is 0.917. The third kappa shape index (κ3) is 7.18. The first kappa shape index (κ1) is 16.2. The summed E-state index contributed by atoms with van der Waals surface area (Å²) in [6.07, 6.45) is 0. The van der Waals surface area contributed by atoms with Gasteiger partial charge in [0.1, 0.15) is 0 Å². The predicted octanol–water partition coefficient (Wildman–Crippen LogP) is 0.656. The maximum atomic E-state index is 5.80. The molecule has 5 heteroatoms. The average Bonchev–Trinajstić information content (AvgIpc) is 2.28.